The minimum Gasteiger partial charge on any atom is -0.404 e. The Morgan fingerprint density at radius 2 is 2.08 bits per heavy atom. The first kappa shape index (κ1) is 29.8. The molecule has 1 aromatic rings. The fourth-order valence-corrected chi connectivity index (χ4v) is 6.61. The number of nitrogens with two attached hydrogens (primary N) is 1. The Morgan fingerprint density at radius 3 is 2.70 bits per heavy atom. The van der Waals surface area contributed by atoms with E-state index >= 15 is 0 Å². The van der Waals surface area contributed by atoms with Crippen LogP contribution in [0.3, 0.4) is 0 Å². The molecular formula is C25H41BN8O6. The molecule has 2 amide bonds. The molecule has 6 N–H and O–H groups in total. The van der Waals surface area contributed by atoms with Crippen LogP contribution >= 0.6 is 0 Å². The van der Waals surface area contributed by atoms with Gasteiger partial charge in [-0.1, -0.05) is 33.1 Å². The summed E-state index contributed by atoms with van der Waals surface area (Å²) in [5.74, 6) is -0.363. The van der Waals surface area contributed by atoms with E-state index in [-0.39, 0.29) is 48.0 Å². The summed E-state index contributed by atoms with van der Waals surface area (Å²) in [5, 5.41) is 15.6. The predicted molar refractivity (Wildman–Crippen MR) is 147 cm³/mol. The first-order valence-corrected chi connectivity index (χ1v) is 13.9. The Bertz CT molecular complexity index is 1110. The molecule has 3 saturated carbocycles. The predicted octanol–water partition coefficient (Wildman–Crippen LogP) is 1.18. The van der Waals surface area contributed by atoms with Crippen LogP contribution in [-0.2, 0) is 14.1 Å². The summed E-state index contributed by atoms with van der Waals surface area (Å²) < 4.78 is 13.1. The number of nitrogens with one attached hydrogen (secondary N) is 4. The van der Waals surface area contributed by atoms with E-state index in [1.165, 1.54) is 12.5 Å². The van der Waals surface area contributed by atoms with E-state index in [0.29, 0.717) is 24.7 Å². The number of nitrogens with zero attached hydrogens (tertiary/aromatic N) is 3. The summed E-state index contributed by atoms with van der Waals surface area (Å²) in [6, 6.07) is -0.906. The van der Waals surface area contributed by atoms with E-state index in [0.717, 1.165) is 12.8 Å². The SMILES string of the molecule is CC(C)C[C@H](NC(=O)[C@H](CCCN=C(N)N[N+](=O)[O-])NC(=O)c1cnc[nH]1)B1O[C@@H]2C[C@@H]3C[C@@H](C3(C)C)[C@]2(C)O1. The van der Waals surface area contributed by atoms with Crippen molar-refractivity contribution in [3.05, 3.63) is 28.3 Å². The third-order valence-corrected chi connectivity index (χ3v) is 8.85. The number of aliphatic imine (C=N–C) groups is 1. The zero-order valence-corrected chi connectivity index (χ0v) is 23.8. The fraction of sp³-hybridized carbons (Fsp3) is 0.760. The lowest BCUT2D eigenvalue weighted by Gasteiger charge is -2.64. The average Bonchev–Trinajstić information content (AvgIpc) is 3.52. The molecule has 0 spiro atoms. The molecule has 1 saturated heterocycles. The molecule has 6 atom stereocenters. The smallest absolute Gasteiger partial charge is 0.404 e. The molecule has 4 aliphatic rings. The lowest BCUT2D eigenvalue weighted by molar-refractivity contribution is -0.525. The maximum absolute atomic E-state index is 13.6. The Balaban J connectivity index is 1.45. The van der Waals surface area contributed by atoms with E-state index < -0.39 is 35.6 Å². The zero-order valence-electron chi connectivity index (χ0n) is 23.8. The molecule has 2 heterocycles. The van der Waals surface area contributed by atoms with Crippen LogP contribution in [-0.4, -0.2) is 70.1 Å². The van der Waals surface area contributed by atoms with Gasteiger partial charge in [-0.3, -0.25) is 9.59 Å². The topological polar surface area (TPSA) is 199 Å². The largest absolute Gasteiger partial charge is 0.481 e. The van der Waals surface area contributed by atoms with Gasteiger partial charge >= 0.3 is 7.12 Å². The first-order chi connectivity index (χ1) is 18.8. The third-order valence-electron chi connectivity index (χ3n) is 8.85. The zero-order chi connectivity index (χ0) is 29.2. The van der Waals surface area contributed by atoms with Crippen molar-refractivity contribution in [3.63, 3.8) is 0 Å². The van der Waals surface area contributed by atoms with Crippen molar-refractivity contribution < 1.29 is 23.9 Å². The number of guanidine groups is 1. The van der Waals surface area contributed by atoms with Gasteiger partial charge in [0.05, 0.1) is 30.2 Å². The van der Waals surface area contributed by atoms with Gasteiger partial charge in [0.1, 0.15) is 11.7 Å². The van der Waals surface area contributed by atoms with Crippen LogP contribution in [0.1, 0.15) is 77.2 Å². The van der Waals surface area contributed by atoms with Gasteiger partial charge in [0.25, 0.3) is 11.9 Å². The molecule has 0 radical (unpaired) electrons. The Kier molecular flexibility index (Phi) is 8.73. The van der Waals surface area contributed by atoms with Gasteiger partial charge in [0.2, 0.25) is 5.91 Å². The number of carbonyl (C=O) groups excluding carboxylic acids is 2. The highest BCUT2D eigenvalue weighted by Crippen LogP contribution is 2.65. The molecule has 15 heteroatoms. The summed E-state index contributed by atoms with van der Waals surface area (Å²) >= 11 is 0. The molecule has 5 rings (SSSR count). The summed E-state index contributed by atoms with van der Waals surface area (Å²) in [6.45, 7) is 11.0. The van der Waals surface area contributed by atoms with Gasteiger partial charge in [0.15, 0.2) is 5.03 Å². The van der Waals surface area contributed by atoms with Crippen molar-refractivity contribution >= 4 is 24.9 Å². The molecule has 0 aromatic carbocycles. The van der Waals surface area contributed by atoms with Gasteiger partial charge < -0.3 is 30.7 Å². The van der Waals surface area contributed by atoms with Crippen LogP contribution in [0.15, 0.2) is 17.5 Å². The minimum absolute atomic E-state index is 0.0205. The van der Waals surface area contributed by atoms with Gasteiger partial charge in [-0.25, -0.2) is 20.1 Å². The average molecular weight is 560 g/mol. The number of hydrogen-bond acceptors (Lipinski definition) is 8. The van der Waals surface area contributed by atoms with Crippen LogP contribution in [0.25, 0.3) is 0 Å². The maximum atomic E-state index is 13.6. The van der Waals surface area contributed by atoms with Crippen molar-refractivity contribution in [1.29, 1.82) is 0 Å². The second-order valence-corrected chi connectivity index (χ2v) is 12.4. The van der Waals surface area contributed by atoms with E-state index in [2.05, 4.69) is 60.2 Å². The number of aromatic nitrogens is 2. The molecule has 2 bridgehead atoms. The minimum atomic E-state index is -0.906. The monoisotopic (exact) mass is 560 g/mol. The van der Waals surface area contributed by atoms with Gasteiger partial charge in [0, 0.05) is 6.54 Å². The summed E-state index contributed by atoms with van der Waals surface area (Å²) in [4.78, 5) is 47.4. The van der Waals surface area contributed by atoms with Crippen LogP contribution in [0.4, 0.5) is 0 Å². The van der Waals surface area contributed by atoms with Gasteiger partial charge in [-0.05, 0) is 62.2 Å². The van der Waals surface area contributed by atoms with Crippen LogP contribution < -0.4 is 21.8 Å². The molecule has 4 fully saturated rings. The number of hydrogen-bond donors (Lipinski definition) is 5. The molecule has 40 heavy (non-hydrogen) atoms. The molecule has 0 unspecified atom stereocenters. The van der Waals surface area contributed by atoms with Crippen molar-refractivity contribution in [2.24, 2.45) is 33.9 Å². The molecule has 220 valence electrons. The van der Waals surface area contributed by atoms with Crippen LogP contribution in [0.5, 0.6) is 0 Å². The van der Waals surface area contributed by atoms with Crippen molar-refractivity contribution in [3.8, 4) is 0 Å². The highest BCUT2D eigenvalue weighted by atomic mass is 16.7. The highest BCUT2D eigenvalue weighted by Gasteiger charge is 2.68. The van der Waals surface area contributed by atoms with Crippen molar-refractivity contribution in [2.75, 3.05) is 6.54 Å². The van der Waals surface area contributed by atoms with Gasteiger partial charge in [-0.2, -0.15) is 0 Å². The number of hydrazine groups is 1. The second kappa shape index (κ2) is 11.7. The Labute approximate surface area is 234 Å². The third kappa shape index (κ3) is 6.25. The summed E-state index contributed by atoms with van der Waals surface area (Å²) in [6.07, 6.45) is 5.99. The number of nitro groups is 1. The summed E-state index contributed by atoms with van der Waals surface area (Å²) in [7, 11) is -0.599. The van der Waals surface area contributed by atoms with Gasteiger partial charge in [-0.15, -0.1) is 0 Å². The molecule has 3 aliphatic carbocycles. The molecule has 1 aliphatic heterocycles. The molecule has 14 nitrogen and oxygen atoms in total. The number of aromatic amines is 1. The fourth-order valence-electron chi connectivity index (χ4n) is 6.61. The lowest BCUT2D eigenvalue weighted by Crippen LogP contribution is -2.65. The first-order valence-electron chi connectivity index (χ1n) is 13.9. The van der Waals surface area contributed by atoms with Crippen molar-refractivity contribution in [2.45, 2.75) is 90.4 Å². The Morgan fingerprint density at radius 1 is 1.32 bits per heavy atom. The summed E-state index contributed by atoms with van der Waals surface area (Å²) in [5.41, 5.74) is 7.26. The van der Waals surface area contributed by atoms with E-state index in [1.807, 2.05) is 0 Å². The quantitative estimate of drug-likeness (QED) is 0.0622. The number of rotatable bonds is 12. The van der Waals surface area contributed by atoms with E-state index in [1.54, 1.807) is 5.43 Å². The highest BCUT2D eigenvalue weighted by molar-refractivity contribution is 6.48. The number of amides is 2. The number of carbonyl (C=O) groups is 2. The van der Waals surface area contributed by atoms with E-state index in [4.69, 9.17) is 15.0 Å². The maximum Gasteiger partial charge on any atom is 0.481 e. The van der Waals surface area contributed by atoms with Crippen LogP contribution in [0, 0.1) is 33.3 Å². The van der Waals surface area contributed by atoms with Crippen molar-refractivity contribution in [1.82, 2.24) is 26.0 Å². The Hall–Kier alpha value is -3.20. The molecular weight excluding hydrogens is 519 g/mol. The normalized spacial score (nSPS) is 28.3. The van der Waals surface area contributed by atoms with E-state index in [9.17, 15) is 19.7 Å². The number of H-pyrrole nitrogens is 1. The lowest BCUT2D eigenvalue weighted by atomic mass is 9.43. The molecule has 1 aromatic heterocycles. The standard InChI is InChI=1S/C25H41BN8O6/c1-14(2)9-20(26-39-19-11-15-10-18(24(15,3)4)25(19,5)40-26)32-21(35)16(31-22(36)17-12-28-13-30-17)7-6-8-29-23(27)33-34(37)38/h12-16,18-20H,6-11H2,1-5H3,(H,28,30)(H,31,36)(H,32,35)(H3,27,29,33)/t15-,16-,18-,19+,20-,25-/m0/s1. The number of imidazole rings is 1. The second-order valence-electron chi connectivity index (χ2n) is 12.4. The van der Waals surface area contributed by atoms with Crippen LogP contribution in [0.2, 0.25) is 0 Å².